The summed E-state index contributed by atoms with van der Waals surface area (Å²) in [6.45, 7) is 5.95. The Kier molecular flexibility index (Phi) is 6.60. The van der Waals surface area contributed by atoms with Crippen molar-refractivity contribution in [1.82, 2.24) is 19.9 Å². The van der Waals surface area contributed by atoms with Crippen LogP contribution in [-0.4, -0.2) is 58.6 Å². The third kappa shape index (κ3) is 5.66. The second-order valence-corrected chi connectivity index (χ2v) is 8.01. The predicted molar refractivity (Wildman–Crippen MR) is 116 cm³/mol. The van der Waals surface area contributed by atoms with Gasteiger partial charge in [0.15, 0.2) is 0 Å². The van der Waals surface area contributed by atoms with Crippen LogP contribution in [0.4, 0.5) is 10.1 Å². The van der Waals surface area contributed by atoms with Crippen LogP contribution in [0.5, 0.6) is 0 Å². The molecule has 0 bridgehead atoms. The SMILES string of the molecule is Cc1ccc(-c2noc(CN3CCN(CC(=O)Nc4ccc(F)c(Cl)c4)CC3)n2)cc1. The van der Waals surface area contributed by atoms with Gasteiger partial charge >= 0.3 is 0 Å². The van der Waals surface area contributed by atoms with Crippen LogP contribution < -0.4 is 5.32 Å². The van der Waals surface area contributed by atoms with Crippen LogP contribution in [0.1, 0.15) is 11.5 Å². The van der Waals surface area contributed by atoms with Gasteiger partial charge in [0, 0.05) is 37.4 Å². The lowest BCUT2D eigenvalue weighted by atomic mass is 10.1. The molecule has 1 aliphatic heterocycles. The molecule has 162 valence electrons. The molecule has 1 fully saturated rings. The van der Waals surface area contributed by atoms with Gasteiger partial charge in [-0.25, -0.2) is 4.39 Å². The minimum absolute atomic E-state index is 0.0158. The summed E-state index contributed by atoms with van der Waals surface area (Å²) in [5.41, 5.74) is 2.59. The Morgan fingerprint density at radius 3 is 2.55 bits per heavy atom. The average Bonchev–Trinajstić information content (AvgIpc) is 3.21. The minimum atomic E-state index is -0.511. The van der Waals surface area contributed by atoms with Gasteiger partial charge in [0.05, 0.1) is 18.1 Å². The van der Waals surface area contributed by atoms with E-state index in [1.165, 1.54) is 23.8 Å². The molecule has 1 saturated heterocycles. The van der Waals surface area contributed by atoms with Gasteiger partial charge < -0.3 is 9.84 Å². The quantitative estimate of drug-likeness (QED) is 0.627. The van der Waals surface area contributed by atoms with Crippen molar-refractivity contribution >= 4 is 23.2 Å². The summed E-state index contributed by atoms with van der Waals surface area (Å²) >= 11 is 5.75. The molecule has 0 aliphatic carbocycles. The summed E-state index contributed by atoms with van der Waals surface area (Å²) < 4.78 is 18.6. The maximum Gasteiger partial charge on any atom is 0.241 e. The van der Waals surface area contributed by atoms with Gasteiger partial charge in [-0.1, -0.05) is 46.6 Å². The Labute approximate surface area is 184 Å². The number of rotatable bonds is 6. The van der Waals surface area contributed by atoms with E-state index in [0.717, 1.165) is 31.7 Å². The van der Waals surface area contributed by atoms with Crippen molar-refractivity contribution in [2.45, 2.75) is 13.5 Å². The van der Waals surface area contributed by atoms with Crippen molar-refractivity contribution in [3.05, 3.63) is 64.8 Å². The van der Waals surface area contributed by atoms with Crippen LogP contribution in [0.25, 0.3) is 11.4 Å². The van der Waals surface area contributed by atoms with Crippen molar-refractivity contribution in [2.75, 3.05) is 38.0 Å². The predicted octanol–water partition coefficient (Wildman–Crippen LogP) is 3.59. The number of nitrogens with zero attached hydrogens (tertiary/aromatic N) is 4. The number of aromatic nitrogens is 2. The second kappa shape index (κ2) is 9.55. The molecule has 0 atom stereocenters. The maximum absolute atomic E-state index is 13.2. The van der Waals surface area contributed by atoms with E-state index in [1.54, 1.807) is 0 Å². The fourth-order valence-electron chi connectivity index (χ4n) is 3.41. The second-order valence-electron chi connectivity index (χ2n) is 7.61. The lowest BCUT2D eigenvalue weighted by molar-refractivity contribution is -0.117. The van der Waals surface area contributed by atoms with Gasteiger partial charge in [-0.3, -0.25) is 14.6 Å². The number of hydrogen-bond donors (Lipinski definition) is 1. The number of nitrogens with one attached hydrogen (secondary N) is 1. The molecule has 1 aliphatic rings. The van der Waals surface area contributed by atoms with Gasteiger partial charge in [0.25, 0.3) is 0 Å². The van der Waals surface area contributed by atoms with E-state index in [4.69, 9.17) is 16.1 Å². The molecule has 2 heterocycles. The van der Waals surface area contributed by atoms with E-state index in [-0.39, 0.29) is 17.5 Å². The Bertz CT molecular complexity index is 1050. The summed E-state index contributed by atoms with van der Waals surface area (Å²) in [6, 6.07) is 12.1. The highest BCUT2D eigenvalue weighted by Crippen LogP contribution is 2.20. The maximum atomic E-state index is 13.2. The highest BCUT2D eigenvalue weighted by atomic mass is 35.5. The molecule has 0 spiro atoms. The first-order valence-electron chi connectivity index (χ1n) is 10.1. The van der Waals surface area contributed by atoms with Gasteiger partial charge in [-0.2, -0.15) is 4.98 Å². The first-order valence-corrected chi connectivity index (χ1v) is 10.4. The highest BCUT2D eigenvalue weighted by molar-refractivity contribution is 6.31. The molecule has 2 aromatic carbocycles. The number of benzene rings is 2. The van der Waals surface area contributed by atoms with Crippen molar-refractivity contribution in [1.29, 1.82) is 0 Å². The average molecular weight is 444 g/mol. The third-order valence-corrected chi connectivity index (χ3v) is 5.46. The molecule has 0 saturated carbocycles. The summed E-state index contributed by atoms with van der Waals surface area (Å²) in [4.78, 5) is 21.1. The van der Waals surface area contributed by atoms with Crippen molar-refractivity contribution in [3.63, 3.8) is 0 Å². The molecule has 4 rings (SSSR count). The molecular formula is C22H23ClFN5O2. The zero-order valence-electron chi connectivity index (χ0n) is 17.1. The molecule has 1 aromatic heterocycles. The number of amides is 1. The summed E-state index contributed by atoms with van der Waals surface area (Å²) in [5, 5.41) is 6.81. The first-order chi connectivity index (χ1) is 15.0. The van der Waals surface area contributed by atoms with Gasteiger partial charge in [0.1, 0.15) is 5.82 Å². The van der Waals surface area contributed by atoms with E-state index in [9.17, 15) is 9.18 Å². The molecule has 9 heteroatoms. The standard InChI is InChI=1S/C22H23ClFN5O2/c1-15-2-4-16(5-3-15)22-26-21(31-27-22)14-29-10-8-28(9-11-29)13-20(30)25-17-6-7-19(24)18(23)12-17/h2-7,12H,8-11,13-14H2,1H3,(H,25,30). The fraction of sp³-hybridized carbons (Fsp3) is 0.318. The third-order valence-electron chi connectivity index (χ3n) is 5.17. The summed E-state index contributed by atoms with van der Waals surface area (Å²) in [7, 11) is 0. The fourth-order valence-corrected chi connectivity index (χ4v) is 3.59. The van der Waals surface area contributed by atoms with E-state index in [1.807, 2.05) is 31.2 Å². The molecule has 7 nitrogen and oxygen atoms in total. The molecule has 0 radical (unpaired) electrons. The number of carbonyl (C=O) groups is 1. The van der Waals surface area contributed by atoms with E-state index < -0.39 is 5.82 Å². The summed E-state index contributed by atoms with van der Waals surface area (Å²) in [6.07, 6.45) is 0. The first kappa shape index (κ1) is 21.4. The molecular weight excluding hydrogens is 421 g/mol. The van der Waals surface area contributed by atoms with Crippen LogP contribution in [0.15, 0.2) is 47.0 Å². The van der Waals surface area contributed by atoms with Crippen molar-refractivity contribution < 1.29 is 13.7 Å². The Balaban J connectivity index is 1.24. The van der Waals surface area contributed by atoms with Crippen molar-refractivity contribution in [2.24, 2.45) is 0 Å². The van der Waals surface area contributed by atoms with Gasteiger partial charge in [-0.15, -0.1) is 0 Å². The van der Waals surface area contributed by atoms with Crippen LogP contribution in [-0.2, 0) is 11.3 Å². The molecule has 1 amide bonds. The Morgan fingerprint density at radius 2 is 1.84 bits per heavy atom. The Hall–Kier alpha value is -2.81. The zero-order valence-corrected chi connectivity index (χ0v) is 17.9. The number of aryl methyl sites for hydroxylation is 1. The monoisotopic (exact) mass is 443 g/mol. The molecule has 1 N–H and O–H groups in total. The normalized spacial score (nSPS) is 15.2. The van der Waals surface area contributed by atoms with E-state index in [0.29, 0.717) is 23.9 Å². The Morgan fingerprint density at radius 1 is 1.13 bits per heavy atom. The number of anilines is 1. The topological polar surface area (TPSA) is 74.5 Å². The van der Waals surface area contributed by atoms with Crippen LogP contribution >= 0.6 is 11.6 Å². The molecule has 0 unspecified atom stereocenters. The van der Waals surface area contributed by atoms with E-state index >= 15 is 0 Å². The molecule has 3 aromatic rings. The number of hydrogen-bond acceptors (Lipinski definition) is 6. The highest BCUT2D eigenvalue weighted by Gasteiger charge is 2.21. The summed E-state index contributed by atoms with van der Waals surface area (Å²) in [5.74, 6) is 0.500. The van der Waals surface area contributed by atoms with Crippen LogP contribution in [0, 0.1) is 12.7 Å². The van der Waals surface area contributed by atoms with Crippen molar-refractivity contribution in [3.8, 4) is 11.4 Å². The number of carbonyl (C=O) groups excluding carboxylic acids is 1. The van der Waals surface area contributed by atoms with Crippen LogP contribution in [0.2, 0.25) is 5.02 Å². The smallest absolute Gasteiger partial charge is 0.241 e. The number of piperazine rings is 1. The van der Waals surface area contributed by atoms with Gasteiger partial charge in [0.2, 0.25) is 17.6 Å². The van der Waals surface area contributed by atoms with E-state index in [2.05, 4.69) is 25.3 Å². The van der Waals surface area contributed by atoms with Gasteiger partial charge in [-0.05, 0) is 25.1 Å². The molecule has 31 heavy (non-hydrogen) atoms. The largest absolute Gasteiger partial charge is 0.338 e. The minimum Gasteiger partial charge on any atom is -0.338 e. The zero-order chi connectivity index (χ0) is 21.8. The lowest BCUT2D eigenvalue weighted by Gasteiger charge is -2.33. The van der Waals surface area contributed by atoms with Crippen LogP contribution in [0.3, 0.4) is 0 Å². The lowest BCUT2D eigenvalue weighted by Crippen LogP contribution is -2.48. The number of halogens is 2.